The largest absolute Gasteiger partial charge is 0.310 e. The standard InChI is InChI=1S/C12H8Cl2FN3O/c13-9-1-5-2-10(16-4-7(5)11(14)17-9)18-12(19)6-3-8(6)15/h1-2,4,6,8H,3H2,(H,16,18,19)/t6-,8-/m1/s1. The third-order valence-corrected chi connectivity index (χ3v) is 3.42. The maximum atomic E-state index is 12.8. The number of carbonyl (C=O) groups is 1. The van der Waals surface area contributed by atoms with Crippen LogP contribution < -0.4 is 5.32 Å². The molecule has 0 aliphatic heterocycles. The number of hydrogen-bond acceptors (Lipinski definition) is 3. The van der Waals surface area contributed by atoms with Gasteiger partial charge in [0, 0.05) is 11.6 Å². The highest BCUT2D eigenvalue weighted by Gasteiger charge is 2.43. The summed E-state index contributed by atoms with van der Waals surface area (Å²) in [6, 6.07) is 3.25. The van der Waals surface area contributed by atoms with Gasteiger partial charge in [0.2, 0.25) is 5.91 Å². The van der Waals surface area contributed by atoms with Crippen LogP contribution in [-0.4, -0.2) is 22.0 Å². The van der Waals surface area contributed by atoms with E-state index >= 15 is 0 Å². The molecule has 0 saturated heterocycles. The lowest BCUT2D eigenvalue weighted by atomic mass is 10.2. The van der Waals surface area contributed by atoms with Gasteiger partial charge in [0.1, 0.15) is 22.3 Å². The van der Waals surface area contributed by atoms with Gasteiger partial charge < -0.3 is 5.32 Å². The van der Waals surface area contributed by atoms with Crippen LogP contribution in [0.2, 0.25) is 10.3 Å². The molecule has 2 aromatic heterocycles. The van der Waals surface area contributed by atoms with Crippen molar-refractivity contribution >= 4 is 45.7 Å². The van der Waals surface area contributed by atoms with Crippen LogP contribution in [0.15, 0.2) is 18.3 Å². The van der Waals surface area contributed by atoms with E-state index in [1.165, 1.54) is 6.20 Å². The molecule has 1 aliphatic rings. The number of rotatable bonds is 2. The number of amides is 1. The zero-order valence-corrected chi connectivity index (χ0v) is 11.0. The van der Waals surface area contributed by atoms with Crippen molar-refractivity contribution in [3.05, 3.63) is 28.6 Å². The first-order valence-corrected chi connectivity index (χ1v) is 6.37. The summed E-state index contributed by atoms with van der Waals surface area (Å²) in [5.41, 5.74) is 0. The highest BCUT2D eigenvalue weighted by atomic mass is 35.5. The molecule has 0 aromatic carbocycles. The van der Waals surface area contributed by atoms with Gasteiger partial charge in [-0.25, -0.2) is 14.4 Å². The van der Waals surface area contributed by atoms with Crippen molar-refractivity contribution < 1.29 is 9.18 Å². The van der Waals surface area contributed by atoms with Crippen molar-refractivity contribution in [3.8, 4) is 0 Å². The Hall–Kier alpha value is -1.46. The highest BCUT2D eigenvalue weighted by Crippen LogP contribution is 2.34. The van der Waals surface area contributed by atoms with E-state index in [2.05, 4.69) is 15.3 Å². The van der Waals surface area contributed by atoms with Crippen LogP contribution in [-0.2, 0) is 4.79 Å². The van der Waals surface area contributed by atoms with E-state index in [1.807, 2.05) is 0 Å². The number of nitrogens with one attached hydrogen (secondary N) is 1. The summed E-state index contributed by atoms with van der Waals surface area (Å²) in [5, 5.41) is 4.42. The third-order valence-electron chi connectivity index (χ3n) is 2.94. The molecule has 1 fully saturated rings. The lowest BCUT2D eigenvalue weighted by Gasteiger charge is -2.05. The van der Waals surface area contributed by atoms with Crippen molar-refractivity contribution in [2.45, 2.75) is 12.6 Å². The number of carbonyl (C=O) groups excluding carboxylic acids is 1. The minimum Gasteiger partial charge on any atom is -0.310 e. The molecular weight excluding hydrogens is 292 g/mol. The van der Waals surface area contributed by atoms with Crippen LogP contribution in [0.3, 0.4) is 0 Å². The first kappa shape index (κ1) is 12.6. The van der Waals surface area contributed by atoms with E-state index < -0.39 is 12.1 Å². The Morgan fingerprint density at radius 3 is 2.84 bits per heavy atom. The van der Waals surface area contributed by atoms with Gasteiger partial charge in [-0.1, -0.05) is 23.2 Å². The zero-order chi connectivity index (χ0) is 13.6. The molecule has 0 bridgehead atoms. The van der Waals surface area contributed by atoms with Gasteiger partial charge in [0.25, 0.3) is 0 Å². The van der Waals surface area contributed by atoms with E-state index in [-0.39, 0.29) is 22.6 Å². The summed E-state index contributed by atoms with van der Waals surface area (Å²) in [6.45, 7) is 0. The molecular formula is C12H8Cl2FN3O. The first-order chi connectivity index (χ1) is 9.04. The van der Waals surface area contributed by atoms with Crippen LogP contribution in [0.4, 0.5) is 10.2 Å². The molecule has 0 radical (unpaired) electrons. The number of alkyl halides is 1. The Labute approximate surface area is 117 Å². The molecule has 1 saturated carbocycles. The fourth-order valence-electron chi connectivity index (χ4n) is 1.80. The predicted octanol–water partition coefficient (Wildman–Crippen LogP) is 3.23. The van der Waals surface area contributed by atoms with E-state index in [0.717, 1.165) is 0 Å². The Morgan fingerprint density at radius 2 is 2.16 bits per heavy atom. The second-order valence-electron chi connectivity index (χ2n) is 4.37. The van der Waals surface area contributed by atoms with Crippen LogP contribution in [0, 0.1) is 5.92 Å². The topological polar surface area (TPSA) is 54.9 Å². The molecule has 3 rings (SSSR count). The number of fused-ring (bicyclic) bond motifs is 1. The third kappa shape index (κ3) is 2.48. The maximum Gasteiger partial charge on any atom is 0.231 e. The minimum absolute atomic E-state index is 0.249. The normalized spacial score (nSPS) is 21.4. The van der Waals surface area contributed by atoms with E-state index in [4.69, 9.17) is 23.2 Å². The van der Waals surface area contributed by atoms with Crippen molar-refractivity contribution in [2.75, 3.05) is 5.32 Å². The van der Waals surface area contributed by atoms with Crippen LogP contribution in [0.1, 0.15) is 6.42 Å². The van der Waals surface area contributed by atoms with Crippen molar-refractivity contribution in [3.63, 3.8) is 0 Å². The molecule has 2 atom stereocenters. The molecule has 1 aliphatic carbocycles. The van der Waals surface area contributed by atoms with Gasteiger partial charge in [0.05, 0.1) is 5.92 Å². The molecule has 4 nitrogen and oxygen atoms in total. The van der Waals surface area contributed by atoms with Gasteiger partial charge in [-0.05, 0) is 23.9 Å². The average molecular weight is 300 g/mol. The fourth-order valence-corrected chi connectivity index (χ4v) is 2.29. The average Bonchev–Trinajstić information content (AvgIpc) is 3.05. The molecule has 19 heavy (non-hydrogen) atoms. The molecule has 2 heterocycles. The summed E-state index contributed by atoms with van der Waals surface area (Å²) in [6.07, 6.45) is 0.741. The predicted molar refractivity (Wildman–Crippen MR) is 71.2 cm³/mol. The number of hydrogen-bond donors (Lipinski definition) is 1. The summed E-state index contributed by atoms with van der Waals surface area (Å²) in [4.78, 5) is 19.5. The maximum absolute atomic E-state index is 12.8. The molecule has 98 valence electrons. The minimum atomic E-state index is -1.03. The molecule has 0 unspecified atom stereocenters. The summed E-state index contributed by atoms with van der Waals surface area (Å²) >= 11 is 11.7. The van der Waals surface area contributed by atoms with Crippen molar-refractivity contribution in [2.24, 2.45) is 5.92 Å². The van der Waals surface area contributed by atoms with Crippen LogP contribution >= 0.6 is 23.2 Å². The molecule has 1 N–H and O–H groups in total. The second kappa shape index (κ2) is 4.58. The van der Waals surface area contributed by atoms with Gasteiger partial charge >= 0.3 is 0 Å². The molecule has 0 spiro atoms. The summed E-state index contributed by atoms with van der Waals surface area (Å²) < 4.78 is 12.8. The number of nitrogens with zero attached hydrogens (tertiary/aromatic N) is 2. The molecule has 1 amide bonds. The van der Waals surface area contributed by atoms with E-state index in [0.29, 0.717) is 16.6 Å². The zero-order valence-electron chi connectivity index (χ0n) is 9.53. The number of aromatic nitrogens is 2. The number of anilines is 1. The van der Waals surface area contributed by atoms with Crippen molar-refractivity contribution in [1.82, 2.24) is 9.97 Å². The SMILES string of the molecule is O=C(Nc1cc2cc(Cl)nc(Cl)c2cn1)[C@@H]1C[C@H]1F. The van der Waals surface area contributed by atoms with Gasteiger partial charge in [0.15, 0.2) is 0 Å². The summed E-state index contributed by atoms with van der Waals surface area (Å²) in [7, 11) is 0. The smallest absolute Gasteiger partial charge is 0.231 e. The summed E-state index contributed by atoms with van der Waals surface area (Å²) in [5.74, 6) is -0.567. The Kier molecular flexibility index (Phi) is 3.03. The first-order valence-electron chi connectivity index (χ1n) is 5.61. The lowest BCUT2D eigenvalue weighted by Crippen LogP contribution is -2.15. The second-order valence-corrected chi connectivity index (χ2v) is 5.12. The van der Waals surface area contributed by atoms with E-state index in [1.54, 1.807) is 12.1 Å². The Bertz CT molecular complexity index is 679. The van der Waals surface area contributed by atoms with Gasteiger partial charge in [-0.2, -0.15) is 0 Å². The van der Waals surface area contributed by atoms with Crippen LogP contribution in [0.5, 0.6) is 0 Å². The highest BCUT2D eigenvalue weighted by molar-refractivity contribution is 6.36. The van der Waals surface area contributed by atoms with Gasteiger partial charge in [-0.3, -0.25) is 4.79 Å². The Morgan fingerprint density at radius 1 is 1.42 bits per heavy atom. The van der Waals surface area contributed by atoms with Crippen molar-refractivity contribution in [1.29, 1.82) is 0 Å². The Balaban J connectivity index is 1.91. The number of halogens is 3. The fraction of sp³-hybridized carbons (Fsp3) is 0.250. The monoisotopic (exact) mass is 299 g/mol. The number of pyridine rings is 2. The quantitative estimate of drug-likeness (QED) is 0.866. The molecule has 2 aromatic rings. The van der Waals surface area contributed by atoms with E-state index in [9.17, 15) is 9.18 Å². The lowest BCUT2D eigenvalue weighted by molar-refractivity contribution is -0.117. The van der Waals surface area contributed by atoms with Crippen LogP contribution in [0.25, 0.3) is 10.8 Å². The molecule has 7 heteroatoms. The van der Waals surface area contributed by atoms with Gasteiger partial charge in [-0.15, -0.1) is 0 Å².